The fourth-order valence-electron chi connectivity index (χ4n) is 7.08. The van der Waals surface area contributed by atoms with Gasteiger partial charge in [-0.25, -0.2) is 0 Å². The molecular formula is C35H29Br2N. The number of halogens is 2. The topological polar surface area (TPSA) is 3.24 Å². The first kappa shape index (κ1) is 24.2. The number of rotatable bonds is 4. The van der Waals surface area contributed by atoms with E-state index in [1.807, 2.05) is 0 Å². The number of benzene rings is 5. The van der Waals surface area contributed by atoms with Gasteiger partial charge in [0.25, 0.3) is 0 Å². The lowest BCUT2D eigenvalue weighted by atomic mass is 9.77. The summed E-state index contributed by atoms with van der Waals surface area (Å²) in [5.74, 6) is 0. The lowest BCUT2D eigenvalue weighted by Gasteiger charge is -2.28. The van der Waals surface area contributed by atoms with Gasteiger partial charge in [0.1, 0.15) is 0 Å². The summed E-state index contributed by atoms with van der Waals surface area (Å²) in [5.41, 5.74) is 9.79. The van der Waals surface area contributed by atoms with Crippen molar-refractivity contribution in [2.75, 3.05) is 4.90 Å². The van der Waals surface area contributed by atoms with Crippen LogP contribution in [-0.2, 0) is 10.8 Å². The second kappa shape index (κ2) is 8.83. The van der Waals surface area contributed by atoms with Gasteiger partial charge in [0.15, 0.2) is 0 Å². The molecule has 0 heterocycles. The standard InChI is InChI=1S/C35H29Br2N/c1-34-17-18-35(2,22-34)33-20-24(7-16-32(33)34)31-21-29(19-23-5-3-4-6-30(23)31)38(27-12-8-25(36)9-13-27)28-14-10-26(37)11-15-28/h3-16,19-21H,17-18,22H2,1-2H3. The Kier molecular flexibility index (Phi) is 5.62. The van der Waals surface area contributed by atoms with Crippen LogP contribution in [-0.4, -0.2) is 0 Å². The van der Waals surface area contributed by atoms with Crippen LogP contribution < -0.4 is 4.90 Å². The molecule has 0 N–H and O–H groups in total. The maximum atomic E-state index is 3.61. The number of fused-ring (bicyclic) bond motifs is 6. The molecule has 0 aliphatic heterocycles. The van der Waals surface area contributed by atoms with E-state index in [0.29, 0.717) is 10.8 Å². The summed E-state index contributed by atoms with van der Waals surface area (Å²) >= 11 is 7.23. The molecule has 7 rings (SSSR count). The Morgan fingerprint density at radius 2 is 1.21 bits per heavy atom. The molecule has 3 heteroatoms. The number of anilines is 3. The highest BCUT2D eigenvalue weighted by atomic mass is 79.9. The van der Waals surface area contributed by atoms with Crippen molar-refractivity contribution in [3.63, 3.8) is 0 Å². The van der Waals surface area contributed by atoms with Crippen LogP contribution in [0.2, 0.25) is 0 Å². The third kappa shape index (κ3) is 3.86. The van der Waals surface area contributed by atoms with Gasteiger partial charge in [-0.2, -0.15) is 0 Å². The van der Waals surface area contributed by atoms with Crippen molar-refractivity contribution < 1.29 is 0 Å². The van der Waals surface area contributed by atoms with Gasteiger partial charge >= 0.3 is 0 Å². The first-order valence-electron chi connectivity index (χ1n) is 13.3. The fourth-order valence-corrected chi connectivity index (χ4v) is 7.61. The Morgan fingerprint density at radius 3 is 1.87 bits per heavy atom. The molecule has 2 bridgehead atoms. The number of hydrogen-bond acceptors (Lipinski definition) is 1. The molecule has 0 spiro atoms. The van der Waals surface area contributed by atoms with Crippen LogP contribution in [0.15, 0.2) is 112 Å². The Hall–Kier alpha value is -2.88. The van der Waals surface area contributed by atoms with Crippen LogP contribution in [0.4, 0.5) is 17.1 Å². The van der Waals surface area contributed by atoms with E-state index in [0.717, 1.165) is 26.0 Å². The molecule has 2 aliphatic carbocycles. The van der Waals surface area contributed by atoms with E-state index in [-0.39, 0.29) is 0 Å². The highest BCUT2D eigenvalue weighted by Crippen LogP contribution is 2.61. The van der Waals surface area contributed by atoms with Crippen molar-refractivity contribution in [2.24, 2.45) is 0 Å². The zero-order valence-corrected chi connectivity index (χ0v) is 24.8. The average Bonchev–Trinajstić information content (AvgIpc) is 3.37. The summed E-state index contributed by atoms with van der Waals surface area (Å²) in [6, 6.07) is 37.9. The van der Waals surface area contributed by atoms with Crippen molar-refractivity contribution in [2.45, 2.75) is 43.9 Å². The van der Waals surface area contributed by atoms with Gasteiger partial charge in [0.2, 0.25) is 0 Å². The Balaban J connectivity index is 1.45. The summed E-state index contributed by atoms with van der Waals surface area (Å²) in [7, 11) is 0. The van der Waals surface area contributed by atoms with Crippen LogP contribution in [0.25, 0.3) is 21.9 Å². The van der Waals surface area contributed by atoms with Crippen molar-refractivity contribution in [1.82, 2.24) is 0 Å². The third-order valence-corrected chi connectivity index (χ3v) is 9.97. The van der Waals surface area contributed by atoms with Gasteiger partial charge in [-0.3, -0.25) is 0 Å². The molecule has 1 saturated carbocycles. The van der Waals surface area contributed by atoms with Crippen LogP contribution in [0.3, 0.4) is 0 Å². The highest BCUT2D eigenvalue weighted by Gasteiger charge is 2.52. The normalized spacial score (nSPS) is 21.6. The van der Waals surface area contributed by atoms with Crippen LogP contribution in [0.5, 0.6) is 0 Å². The van der Waals surface area contributed by atoms with E-state index in [4.69, 9.17) is 0 Å². The molecule has 1 nitrogen and oxygen atoms in total. The molecule has 0 radical (unpaired) electrons. The minimum absolute atomic E-state index is 0.300. The summed E-state index contributed by atoms with van der Waals surface area (Å²) in [6.07, 6.45) is 3.88. The van der Waals surface area contributed by atoms with Crippen molar-refractivity contribution >= 4 is 59.7 Å². The Labute approximate surface area is 241 Å². The molecule has 188 valence electrons. The van der Waals surface area contributed by atoms with E-state index in [1.165, 1.54) is 41.2 Å². The molecule has 2 aliphatic rings. The first-order chi connectivity index (χ1) is 18.3. The summed E-state index contributed by atoms with van der Waals surface area (Å²) in [4.78, 5) is 2.35. The van der Waals surface area contributed by atoms with Gasteiger partial charge in [-0.05, 0) is 124 Å². The smallest absolute Gasteiger partial charge is 0.0474 e. The van der Waals surface area contributed by atoms with Gasteiger partial charge in [0, 0.05) is 26.0 Å². The lowest BCUT2D eigenvalue weighted by molar-refractivity contribution is 0.484. The van der Waals surface area contributed by atoms with Gasteiger partial charge < -0.3 is 4.90 Å². The average molecular weight is 623 g/mol. The molecular weight excluding hydrogens is 594 g/mol. The van der Waals surface area contributed by atoms with Crippen LogP contribution in [0.1, 0.15) is 44.2 Å². The predicted octanol–water partition coefficient (Wildman–Crippen LogP) is 11.2. The number of hydrogen-bond donors (Lipinski definition) is 0. The summed E-state index contributed by atoms with van der Waals surface area (Å²) < 4.78 is 2.15. The highest BCUT2D eigenvalue weighted by molar-refractivity contribution is 9.10. The van der Waals surface area contributed by atoms with Crippen molar-refractivity contribution in [3.05, 3.63) is 123 Å². The monoisotopic (exact) mass is 621 g/mol. The largest absolute Gasteiger partial charge is 0.310 e. The molecule has 0 amide bonds. The van der Waals surface area contributed by atoms with Gasteiger partial charge in [-0.15, -0.1) is 0 Å². The molecule has 5 aromatic rings. The second-order valence-corrected chi connectivity index (χ2v) is 13.4. The maximum Gasteiger partial charge on any atom is 0.0474 e. The van der Waals surface area contributed by atoms with E-state index in [1.54, 1.807) is 11.1 Å². The molecule has 0 aromatic heterocycles. The fraction of sp³-hybridized carbons (Fsp3) is 0.200. The zero-order valence-electron chi connectivity index (χ0n) is 21.6. The molecule has 5 aromatic carbocycles. The molecule has 0 saturated heterocycles. The van der Waals surface area contributed by atoms with Crippen molar-refractivity contribution in [1.29, 1.82) is 0 Å². The predicted molar refractivity (Wildman–Crippen MR) is 168 cm³/mol. The molecule has 1 fully saturated rings. The SMILES string of the molecule is CC12CCC(C)(C1)c1cc(-c3cc(N(c4ccc(Br)cc4)c4ccc(Br)cc4)cc4ccccc34)ccc12. The third-order valence-electron chi connectivity index (χ3n) is 8.91. The van der Waals surface area contributed by atoms with E-state index >= 15 is 0 Å². The Morgan fingerprint density at radius 1 is 0.605 bits per heavy atom. The molecule has 38 heavy (non-hydrogen) atoms. The minimum Gasteiger partial charge on any atom is -0.310 e. The van der Waals surface area contributed by atoms with Crippen molar-refractivity contribution in [3.8, 4) is 11.1 Å². The Bertz CT molecular complexity index is 1640. The number of nitrogens with zero attached hydrogens (tertiary/aromatic N) is 1. The van der Waals surface area contributed by atoms with E-state index in [2.05, 4.69) is 154 Å². The van der Waals surface area contributed by atoms with E-state index in [9.17, 15) is 0 Å². The molecule has 2 unspecified atom stereocenters. The maximum absolute atomic E-state index is 3.61. The van der Waals surface area contributed by atoms with Crippen LogP contribution in [0, 0.1) is 0 Å². The molecule has 2 atom stereocenters. The van der Waals surface area contributed by atoms with Gasteiger partial charge in [0.05, 0.1) is 0 Å². The van der Waals surface area contributed by atoms with Gasteiger partial charge in [-0.1, -0.05) is 88.2 Å². The lowest BCUT2D eigenvalue weighted by Crippen LogP contribution is -2.17. The van der Waals surface area contributed by atoms with Crippen LogP contribution >= 0.6 is 31.9 Å². The second-order valence-electron chi connectivity index (χ2n) is 11.6. The first-order valence-corrected chi connectivity index (χ1v) is 14.9. The quantitative estimate of drug-likeness (QED) is 0.193. The van der Waals surface area contributed by atoms with E-state index < -0.39 is 0 Å². The zero-order chi connectivity index (χ0) is 26.1. The summed E-state index contributed by atoms with van der Waals surface area (Å²) in [6.45, 7) is 4.94. The summed E-state index contributed by atoms with van der Waals surface area (Å²) in [5, 5.41) is 2.54. The minimum atomic E-state index is 0.300.